The van der Waals surface area contributed by atoms with Crippen LogP contribution in [0.4, 0.5) is 26.3 Å². The first kappa shape index (κ1) is 18.8. The molecule has 0 radical (unpaired) electrons. The van der Waals surface area contributed by atoms with E-state index in [4.69, 9.17) is 9.84 Å². The molecular weight excluding hydrogens is 332 g/mol. The number of ether oxygens (including phenoxy) is 1. The third-order valence-electron chi connectivity index (χ3n) is 2.60. The molecule has 1 rings (SSSR count). The summed E-state index contributed by atoms with van der Waals surface area (Å²) in [5.41, 5.74) is -6.00. The number of nitrogens with one attached hydrogen (secondary N) is 1. The van der Waals surface area contributed by atoms with Gasteiger partial charge in [-0.25, -0.2) is 0 Å². The number of hydrogen-bond acceptors (Lipinski definition) is 3. The Labute approximate surface area is 126 Å². The van der Waals surface area contributed by atoms with Gasteiger partial charge in [-0.1, -0.05) is 24.8 Å². The minimum atomic E-state index is -6.17. The van der Waals surface area contributed by atoms with Gasteiger partial charge in [0.15, 0.2) is 0 Å². The van der Waals surface area contributed by atoms with Gasteiger partial charge in [-0.05, 0) is 12.1 Å². The van der Waals surface area contributed by atoms with Crippen molar-refractivity contribution < 1.29 is 41.0 Å². The van der Waals surface area contributed by atoms with Crippen LogP contribution in [0.3, 0.4) is 0 Å². The summed E-state index contributed by atoms with van der Waals surface area (Å²) in [6, 6.07) is 4.67. The van der Waals surface area contributed by atoms with Gasteiger partial charge in [-0.2, -0.15) is 26.3 Å². The number of alkyl halides is 6. The zero-order valence-corrected chi connectivity index (χ0v) is 11.3. The molecule has 0 aromatic heterocycles. The van der Waals surface area contributed by atoms with Crippen LogP contribution in [0, 0.1) is 0 Å². The minimum Gasteiger partial charge on any atom is -0.489 e. The molecule has 1 amide bonds. The Hall–Kier alpha value is -2.23. The standard InChI is InChI=1S/C13H11F6NO3/c1-2-7-23-9-6-4-3-5-8(9)10(21)20-11(22,12(14,15)16)13(17,18)19/h2-6,22H,1,7H2,(H,20,21). The minimum absolute atomic E-state index is 0.132. The molecule has 0 saturated carbocycles. The van der Waals surface area contributed by atoms with Crippen molar-refractivity contribution in [3.63, 3.8) is 0 Å². The van der Waals surface area contributed by atoms with E-state index >= 15 is 0 Å². The predicted octanol–water partition coefficient (Wildman–Crippen LogP) is 2.79. The molecule has 0 saturated heterocycles. The molecule has 0 atom stereocenters. The molecule has 23 heavy (non-hydrogen) atoms. The number of amides is 1. The Morgan fingerprint density at radius 2 is 1.70 bits per heavy atom. The Morgan fingerprint density at radius 3 is 2.17 bits per heavy atom. The summed E-state index contributed by atoms with van der Waals surface area (Å²) >= 11 is 0. The van der Waals surface area contributed by atoms with Gasteiger partial charge in [-0.15, -0.1) is 0 Å². The molecule has 0 fully saturated rings. The van der Waals surface area contributed by atoms with Crippen LogP contribution in [0.5, 0.6) is 5.75 Å². The summed E-state index contributed by atoms with van der Waals surface area (Å²) in [6.45, 7) is 3.18. The number of para-hydroxylation sites is 1. The molecular formula is C13H11F6NO3. The van der Waals surface area contributed by atoms with E-state index in [0.717, 1.165) is 6.07 Å². The van der Waals surface area contributed by atoms with Crippen LogP contribution in [0.2, 0.25) is 0 Å². The van der Waals surface area contributed by atoms with Crippen molar-refractivity contribution in [1.29, 1.82) is 0 Å². The Balaban J connectivity index is 3.18. The second kappa shape index (κ2) is 6.49. The molecule has 10 heteroatoms. The largest absolute Gasteiger partial charge is 0.489 e. The summed E-state index contributed by atoms with van der Waals surface area (Å²) in [5.74, 6) is -2.07. The van der Waals surface area contributed by atoms with Crippen LogP contribution >= 0.6 is 0 Å². The van der Waals surface area contributed by atoms with Crippen molar-refractivity contribution in [2.45, 2.75) is 18.1 Å². The van der Waals surface area contributed by atoms with Crippen LogP contribution in [0.15, 0.2) is 36.9 Å². The monoisotopic (exact) mass is 343 g/mol. The second-order valence-corrected chi connectivity index (χ2v) is 4.26. The smallest absolute Gasteiger partial charge is 0.446 e. The van der Waals surface area contributed by atoms with Gasteiger partial charge in [-0.3, -0.25) is 4.79 Å². The number of aliphatic hydroxyl groups is 1. The van der Waals surface area contributed by atoms with Crippen molar-refractivity contribution in [2.75, 3.05) is 6.61 Å². The van der Waals surface area contributed by atoms with E-state index in [1.54, 1.807) is 0 Å². The zero-order chi connectivity index (χ0) is 17.9. The number of benzene rings is 1. The van der Waals surface area contributed by atoms with Crippen molar-refractivity contribution in [2.24, 2.45) is 0 Å². The summed E-state index contributed by atoms with van der Waals surface area (Å²) in [7, 11) is 0. The number of hydrogen-bond donors (Lipinski definition) is 2. The highest BCUT2D eigenvalue weighted by molar-refractivity contribution is 5.97. The number of halogens is 6. The van der Waals surface area contributed by atoms with Crippen LogP contribution < -0.4 is 10.1 Å². The van der Waals surface area contributed by atoms with Gasteiger partial charge in [0.05, 0.1) is 5.56 Å². The highest BCUT2D eigenvalue weighted by Crippen LogP contribution is 2.41. The maximum Gasteiger partial charge on any atom is 0.446 e. The maximum atomic E-state index is 12.6. The van der Waals surface area contributed by atoms with Gasteiger partial charge >= 0.3 is 18.1 Å². The molecule has 1 aromatic rings. The van der Waals surface area contributed by atoms with E-state index in [0.29, 0.717) is 5.32 Å². The Bertz CT molecular complexity index is 568. The van der Waals surface area contributed by atoms with Gasteiger partial charge < -0.3 is 15.2 Å². The maximum absolute atomic E-state index is 12.6. The SMILES string of the molecule is C=CCOc1ccccc1C(=O)NC(O)(C(F)(F)F)C(F)(F)F. The molecule has 0 aliphatic carbocycles. The van der Waals surface area contributed by atoms with E-state index in [-0.39, 0.29) is 12.4 Å². The highest BCUT2D eigenvalue weighted by Gasteiger charge is 2.72. The van der Waals surface area contributed by atoms with E-state index in [1.807, 2.05) is 0 Å². The third-order valence-corrected chi connectivity index (χ3v) is 2.60. The van der Waals surface area contributed by atoms with Crippen molar-refractivity contribution in [3.8, 4) is 5.75 Å². The topological polar surface area (TPSA) is 58.6 Å². The van der Waals surface area contributed by atoms with Crippen LogP contribution in [0.1, 0.15) is 10.4 Å². The first-order valence-corrected chi connectivity index (χ1v) is 5.95. The Morgan fingerprint density at radius 1 is 1.17 bits per heavy atom. The molecule has 0 spiro atoms. The fraction of sp³-hybridized carbons (Fsp3) is 0.308. The second-order valence-electron chi connectivity index (χ2n) is 4.26. The normalized spacial score (nSPS) is 12.7. The lowest BCUT2D eigenvalue weighted by atomic mass is 10.1. The van der Waals surface area contributed by atoms with Gasteiger partial charge in [0, 0.05) is 0 Å². The molecule has 4 nitrogen and oxygen atoms in total. The van der Waals surface area contributed by atoms with E-state index in [1.165, 1.54) is 24.3 Å². The van der Waals surface area contributed by atoms with Crippen molar-refractivity contribution in [3.05, 3.63) is 42.5 Å². The fourth-order valence-electron chi connectivity index (χ4n) is 1.46. The first-order valence-electron chi connectivity index (χ1n) is 5.95. The molecule has 0 bridgehead atoms. The Kier molecular flexibility index (Phi) is 5.31. The molecule has 0 aliphatic rings. The van der Waals surface area contributed by atoms with E-state index in [9.17, 15) is 31.1 Å². The van der Waals surface area contributed by atoms with Crippen LogP contribution in [-0.2, 0) is 0 Å². The molecule has 0 unspecified atom stereocenters. The highest BCUT2D eigenvalue weighted by atomic mass is 19.4. The molecule has 128 valence electrons. The average molecular weight is 343 g/mol. The summed E-state index contributed by atoms with van der Waals surface area (Å²) < 4.78 is 80.3. The van der Waals surface area contributed by atoms with Crippen LogP contribution in [-0.4, -0.2) is 35.7 Å². The number of carbonyl (C=O) groups is 1. The fourth-order valence-corrected chi connectivity index (χ4v) is 1.46. The average Bonchev–Trinajstić information content (AvgIpc) is 2.42. The molecule has 2 N–H and O–H groups in total. The number of rotatable bonds is 5. The first-order chi connectivity index (χ1) is 10.4. The third kappa shape index (κ3) is 3.95. The summed E-state index contributed by atoms with van der Waals surface area (Å²) in [4.78, 5) is 11.8. The molecule has 1 aromatic carbocycles. The van der Waals surface area contributed by atoms with Crippen LogP contribution in [0.25, 0.3) is 0 Å². The summed E-state index contributed by atoms with van der Waals surface area (Å²) in [6.07, 6.45) is -11.1. The lowest BCUT2D eigenvalue weighted by molar-refractivity contribution is -0.375. The van der Waals surface area contributed by atoms with Gasteiger partial charge in [0.1, 0.15) is 12.4 Å². The zero-order valence-electron chi connectivity index (χ0n) is 11.3. The van der Waals surface area contributed by atoms with E-state index < -0.39 is 29.5 Å². The quantitative estimate of drug-likeness (QED) is 0.491. The summed E-state index contributed by atoms with van der Waals surface area (Å²) in [5, 5.41) is 9.51. The van der Waals surface area contributed by atoms with E-state index in [2.05, 4.69) is 6.58 Å². The lowest BCUT2D eigenvalue weighted by Gasteiger charge is -2.32. The predicted molar refractivity (Wildman–Crippen MR) is 66.7 cm³/mol. The van der Waals surface area contributed by atoms with Gasteiger partial charge in [0.2, 0.25) is 0 Å². The molecule has 0 heterocycles. The molecule has 0 aliphatic heterocycles. The lowest BCUT2D eigenvalue weighted by Crippen LogP contribution is -2.67. The van der Waals surface area contributed by atoms with Crippen molar-refractivity contribution in [1.82, 2.24) is 5.32 Å². The van der Waals surface area contributed by atoms with Gasteiger partial charge in [0.25, 0.3) is 5.91 Å². The number of carbonyl (C=O) groups excluding carboxylic acids is 1. The van der Waals surface area contributed by atoms with Crippen molar-refractivity contribution >= 4 is 5.91 Å².